The maximum Gasteiger partial charge on any atom is 0.330 e. The first-order valence-electron chi connectivity index (χ1n) is 6.98. The van der Waals surface area contributed by atoms with Gasteiger partial charge in [-0.3, -0.25) is 0 Å². The van der Waals surface area contributed by atoms with E-state index in [1.807, 2.05) is 12.1 Å². The van der Waals surface area contributed by atoms with Gasteiger partial charge >= 0.3 is 5.97 Å². The summed E-state index contributed by atoms with van der Waals surface area (Å²) in [6.07, 6.45) is 4.03. The SMILES string of the molecule is CCN(CC)CCCOC(=O)/C=C\c1ccc(Cl)cc1.Cl. The van der Waals surface area contributed by atoms with Gasteiger partial charge < -0.3 is 9.64 Å². The molecule has 0 fully saturated rings. The molecule has 118 valence electrons. The number of halogens is 2. The zero-order valence-electron chi connectivity index (χ0n) is 12.5. The van der Waals surface area contributed by atoms with Crippen molar-refractivity contribution in [2.75, 3.05) is 26.2 Å². The second-order valence-electron chi connectivity index (χ2n) is 4.43. The Hall–Kier alpha value is -1.03. The third-order valence-corrected chi connectivity index (χ3v) is 3.29. The van der Waals surface area contributed by atoms with Gasteiger partial charge in [0.25, 0.3) is 0 Å². The van der Waals surface area contributed by atoms with Crippen molar-refractivity contribution in [3.63, 3.8) is 0 Å². The first-order valence-corrected chi connectivity index (χ1v) is 7.36. The highest BCUT2D eigenvalue weighted by molar-refractivity contribution is 6.30. The van der Waals surface area contributed by atoms with E-state index in [-0.39, 0.29) is 18.4 Å². The van der Waals surface area contributed by atoms with E-state index in [1.165, 1.54) is 6.08 Å². The molecule has 0 heterocycles. The molecule has 0 aliphatic heterocycles. The lowest BCUT2D eigenvalue weighted by molar-refractivity contribution is -0.137. The van der Waals surface area contributed by atoms with Crippen LogP contribution >= 0.6 is 24.0 Å². The predicted octanol–water partition coefficient (Wildman–Crippen LogP) is 4.05. The van der Waals surface area contributed by atoms with Crippen molar-refractivity contribution in [2.24, 2.45) is 0 Å². The third kappa shape index (κ3) is 8.76. The van der Waals surface area contributed by atoms with Crippen LogP contribution in [-0.2, 0) is 9.53 Å². The van der Waals surface area contributed by atoms with Crippen LogP contribution in [0.1, 0.15) is 25.8 Å². The third-order valence-electron chi connectivity index (χ3n) is 3.04. The summed E-state index contributed by atoms with van der Waals surface area (Å²) in [4.78, 5) is 13.8. The van der Waals surface area contributed by atoms with E-state index in [2.05, 4.69) is 18.7 Å². The average molecular weight is 332 g/mol. The fourth-order valence-corrected chi connectivity index (χ4v) is 1.91. The molecule has 0 spiro atoms. The van der Waals surface area contributed by atoms with Crippen molar-refractivity contribution in [3.05, 3.63) is 40.9 Å². The highest BCUT2D eigenvalue weighted by Gasteiger charge is 2.00. The summed E-state index contributed by atoms with van der Waals surface area (Å²) in [6, 6.07) is 7.28. The molecule has 3 nitrogen and oxygen atoms in total. The molecule has 0 saturated heterocycles. The molecule has 21 heavy (non-hydrogen) atoms. The van der Waals surface area contributed by atoms with E-state index in [4.69, 9.17) is 16.3 Å². The van der Waals surface area contributed by atoms with Crippen LogP contribution in [-0.4, -0.2) is 37.1 Å². The van der Waals surface area contributed by atoms with Gasteiger partial charge in [-0.1, -0.05) is 37.6 Å². The minimum Gasteiger partial charge on any atom is -0.462 e. The molecule has 1 aromatic carbocycles. The second kappa shape index (κ2) is 11.6. The minimum atomic E-state index is -0.306. The van der Waals surface area contributed by atoms with E-state index >= 15 is 0 Å². The zero-order valence-corrected chi connectivity index (χ0v) is 14.1. The molecule has 0 amide bonds. The van der Waals surface area contributed by atoms with Gasteiger partial charge in [-0.05, 0) is 43.3 Å². The molecule has 0 unspecified atom stereocenters. The molecule has 1 rings (SSSR count). The summed E-state index contributed by atoms with van der Waals surface area (Å²) in [7, 11) is 0. The number of nitrogens with zero attached hydrogens (tertiary/aromatic N) is 1. The average Bonchev–Trinajstić information content (AvgIpc) is 2.47. The van der Waals surface area contributed by atoms with Gasteiger partial charge in [-0.2, -0.15) is 0 Å². The van der Waals surface area contributed by atoms with Crippen molar-refractivity contribution < 1.29 is 9.53 Å². The number of carbonyl (C=O) groups is 1. The Morgan fingerprint density at radius 2 is 1.86 bits per heavy atom. The van der Waals surface area contributed by atoms with E-state index in [1.54, 1.807) is 18.2 Å². The van der Waals surface area contributed by atoms with Gasteiger partial charge in [-0.25, -0.2) is 4.79 Å². The Kier molecular flexibility index (Phi) is 11.0. The van der Waals surface area contributed by atoms with Crippen molar-refractivity contribution in [1.29, 1.82) is 0 Å². The molecule has 0 saturated carbocycles. The minimum absolute atomic E-state index is 0. The first-order chi connectivity index (χ1) is 9.65. The summed E-state index contributed by atoms with van der Waals surface area (Å²) in [5, 5.41) is 0.682. The number of rotatable bonds is 8. The largest absolute Gasteiger partial charge is 0.462 e. The molecule has 0 aliphatic carbocycles. The van der Waals surface area contributed by atoms with E-state index in [0.717, 1.165) is 31.6 Å². The Balaban J connectivity index is 0.00000400. The molecule has 1 aromatic rings. The van der Waals surface area contributed by atoms with Gasteiger partial charge in [0.1, 0.15) is 0 Å². The molecule has 0 aliphatic rings. The lowest BCUT2D eigenvalue weighted by Crippen LogP contribution is -2.25. The van der Waals surface area contributed by atoms with Gasteiger partial charge in [0.05, 0.1) is 6.61 Å². The van der Waals surface area contributed by atoms with Crippen LogP contribution in [0.2, 0.25) is 5.02 Å². The number of benzene rings is 1. The molecular formula is C16H23Cl2NO2. The van der Waals surface area contributed by atoms with Crippen LogP contribution in [0.15, 0.2) is 30.3 Å². The number of carbonyl (C=O) groups excluding carboxylic acids is 1. The van der Waals surface area contributed by atoms with Crippen molar-refractivity contribution in [1.82, 2.24) is 4.90 Å². The smallest absolute Gasteiger partial charge is 0.330 e. The molecule has 0 atom stereocenters. The maximum absolute atomic E-state index is 11.5. The fraction of sp³-hybridized carbons (Fsp3) is 0.438. The number of hydrogen-bond acceptors (Lipinski definition) is 3. The summed E-state index contributed by atoms with van der Waals surface area (Å²) in [5.41, 5.74) is 0.925. The van der Waals surface area contributed by atoms with Crippen molar-refractivity contribution >= 4 is 36.1 Å². The Morgan fingerprint density at radius 3 is 2.43 bits per heavy atom. The van der Waals surface area contributed by atoms with Crippen LogP contribution in [0, 0.1) is 0 Å². The highest BCUT2D eigenvalue weighted by atomic mass is 35.5. The number of esters is 1. The summed E-state index contributed by atoms with van der Waals surface area (Å²) in [6.45, 7) is 7.73. The quantitative estimate of drug-likeness (QED) is 0.409. The number of hydrogen-bond donors (Lipinski definition) is 0. The standard InChI is InChI=1S/C16H22ClNO2.ClH/c1-3-18(4-2)12-5-13-20-16(19)11-8-14-6-9-15(17)10-7-14;/h6-11H,3-5,12-13H2,1-2H3;1H/b11-8-;. The number of ether oxygens (including phenoxy) is 1. The molecule has 0 radical (unpaired) electrons. The van der Waals surface area contributed by atoms with E-state index in [9.17, 15) is 4.79 Å². The van der Waals surface area contributed by atoms with E-state index < -0.39 is 0 Å². The maximum atomic E-state index is 11.5. The van der Waals surface area contributed by atoms with Crippen molar-refractivity contribution in [3.8, 4) is 0 Å². The molecule has 0 N–H and O–H groups in total. The van der Waals surface area contributed by atoms with E-state index in [0.29, 0.717) is 11.6 Å². The zero-order chi connectivity index (χ0) is 14.8. The van der Waals surface area contributed by atoms with Gasteiger partial charge in [0, 0.05) is 17.6 Å². The second-order valence-corrected chi connectivity index (χ2v) is 4.87. The Labute approximate surface area is 138 Å². The monoisotopic (exact) mass is 331 g/mol. The highest BCUT2D eigenvalue weighted by Crippen LogP contribution is 2.10. The Bertz CT molecular complexity index is 428. The normalized spacial score (nSPS) is 10.7. The topological polar surface area (TPSA) is 29.5 Å². The van der Waals surface area contributed by atoms with Gasteiger partial charge in [0.15, 0.2) is 0 Å². The Morgan fingerprint density at radius 1 is 1.24 bits per heavy atom. The predicted molar refractivity (Wildman–Crippen MR) is 91.1 cm³/mol. The van der Waals surface area contributed by atoms with Gasteiger partial charge in [0.2, 0.25) is 0 Å². The summed E-state index contributed by atoms with van der Waals surface area (Å²) in [5.74, 6) is -0.306. The van der Waals surface area contributed by atoms with Crippen LogP contribution in [0.4, 0.5) is 0 Å². The van der Waals surface area contributed by atoms with Gasteiger partial charge in [-0.15, -0.1) is 12.4 Å². The summed E-state index contributed by atoms with van der Waals surface area (Å²) >= 11 is 5.79. The van der Waals surface area contributed by atoms with Crippen LogP contribution in [0.25, 0.3) is 6.08 Å². The molecule has 0 bridgehead atoms. The van der Waals surface area contributed by atoms with Crippen molar-refractivity contribution in [2.45, 2.75) is 20.3 Å². The molecule has 0 aromatic heterocycles. The van der Waals surface area contributed by atoms with Crippen LogP contribution in [0.3, 0.4) is 0 Å². The fourth-order valence-electron chi connectivity index (χ4n) is 1.79. The summed E-state index contributed by atoms with van der Waals surface area (Å²) < 4.78 is 5.15. The lowest BCUT2D eigenvalue weighted by Gasteiger charge is -2.17. The lowest BCUT2D eigenvalue weighted by atomic mass is 10.2. The van der Waals surface area contributed by atoms with Crippen LogP contribution < -0.4 is 0 Å². The molecular weight excluding hydrogens is 309 g/mol. The van der Waals surface area contributed by atoms with Crippen LogP contribution in [0.5, 0.6) is 0 Å². The first kappa shape index (κ1) is 20.0. The molecule has 5 heteroatoms.